The van der Waals surface area contributed by atoms with Crippen molar-refractivity contribution in [3.8, 4) is 0 Å². The Morgan fingerprint density at radius 2 is 2.00 bits per heavy atom. The fourth-order valence-corrected chi connectivity index (χ4v) is 3.05. The Balaban J connectivity index is 1.95. The number of benzene rings is 1. The summed E-state index contributed by atoms with van der Waals surface area (Å²) in [7, 11) is 0. The zero-order valence-corrected chi connectivity index (χ0v) is 12.2. The van der Waals surface area contributed by atoms with Gasteiger partial charge in [0.25, 0.3) is 0 Å². The molecule has 0 radical (unpaired) electrons. The maximum absolute atomic E-state index is 5.96. The van der Waals surface area contributed by atoms with Crippen LogP contribution in [0, 0.1) is 13.8 Å². The fourth-order valence-electron chi connectivity index (χ4n) is 3.05. The van der Waals surface area contributed by atoms with E-state index in [0.29, 0.717) is 6.54 Å². The van der Waals surface area contributed by atoms with Crippen LogP contribution in [-0.2, 0) is 0 Å². The Hall–Kier alpha value is -1.12. The van der Waals surface area contributed by atoms with E-state index in [0.717, 1.165) is 6.54 Å². The van der Waals surface area contributed by atoms with E-state index in [1.54, 1.807) is 5.57 Å². The second kappa shape index (κ2) is 6.88. The smallest absolute Gasteiger partial charge is 0.0449 e. The van der Waals surface area contributed by atoms with Crippen molar-refractivity contribution >= 4 is 0 Å². The molecule has 0 bridgehead atoms. The van der Waals surface area contributed by atoms with Crippen LogP contribution in [0.2, 0.25) is 0 Å². The largest absolute Gasteiger partial charge is 0.329 e. The summed E-state index contributed by atoms with van der Waals surface area (Å²) in [6.45, 7) is 6.03. The molecule has 1 atom stereocenters. The SMILES string of the molecule is Cc1cccc(C)c1C(CN)NCCC1=CCCC1. The maximum Gasteiger partial charge on any atom is 0.0449 e. The van der Waals surface area contributed by atoms with Gasteiger partial charge in [-0.25, -0.2) is 0 Å². The lowest BCUT2D eigenvalue weighted by molar-refractivity contribution is 0.538. The molecule has 1 unspecified atom stereocenters. The third-order valence-corrected chi connectivity index (χ3v) is 4.10. The van der Waals surface area contributed by atoms with Crippen LogP contribution in [0.4, 0.5) is 0 Å². The van der Waals surface area contributed by atoms with Gasteiger partial charge in [0.15, 0.2) is 0 Å². The first-order chi connectivity index (χ1) is 9.22. The van der Waals surface area contributed by atoms with E-state index < -0.39 is 0 Å². The molecule has 2 rings (SSSR count). The molecule has 1 aliphatic rings. The highest BCUT2D eigenvalue weighted by molar-refractivity contribution is 5.36. The Bertz CT molecular complexity index is 428. The molecule has 0 heterocycles. The molecule has 104 valence electrons. The Morgan fingerprint density at radius 1 is 1.26 bits per heavy atom. The van der Waals surface area contributed by atoms with Crippen LogP contribution >= 0.6 is 0 Å². The summed E-state index contributed by atoms with van der Waals surface area (Å²) in [6.07, 6.45) is 7.47. The van der Waals surface area contributed by atoms with E-state index in [9.17, 15) is 0 Å². The van der Waals surface area contributed by atoms with Gasteiger partial charge in [-0.3, -0.25) is 0 Å². The zero-order chi connectivity index (χ0) is 13.7. The molecule has 2 nitrogen and oxygen atoms in total. The van der Waals surface area contributed by atoms with Crippen molar-refractivity contribution in [2.24, 2.45) is 5.73 Å². The highest BCUT2D eigenvalue weighted by Crippen LogP contribution is 2.23. The predicted molar refractivity (Wildman–Crippen MR) is 82.3 cm³/mol. The van der Waals surface area contributed by atoms with Gasteiger partial charge >= 0.3 is 0 Å². The monoisotopic (exact) mass is 258 g/mol. The topological polar surface area (TPSA) is 38.0 Å². The highest BCUT2D eigenvalue weighted by Gasteiger charge is 2.14. The van der Waals surface area contributed by atoms with Gasteiger partial charge in [-0.05, 0) is 62.8 Å². The number of hydrogen-bond donors (Lipinski definition) is 2. The van der Waals surface area contributed by atoms with Crippen molar-refractivity contribution in [2.45, 2.75) is 45.6 Å². The molecule has 2 heteroatoms. The van der Waals surface area contributed by atoms with Crippen LogP contribution in [-0.4, -0.2) is 13.1 Å². The third kappa shape index (κ3) is 3.68. The molecule has 0 spiro atoms. The van der Waals surface area contributed by atoms with Crippen LogP contribution in [0.5, 0.6) is 0 Å². The van der Waals surface area contributed by atoms with Crippen LogP contribution in [0.1, 0.15) is 48.4 Å². The van der Waals surface area contributed by atoms with Gasteiger partial charge in [0.1, 0.15) is 0 Å². The van der Waals surface area contributed by atoms with Crippen molar-refractivity contribution in [3.05, 3.63) is 46.5 Å². The van der Waals surface area contributed by atoms with Crippen LogP contribution < -0.4 is 11.1 Å². The van der Waals surface area contributed by atoms with Gasteiger partial charge in [0.2, 0.25) is 0 Å². The normalized spacial score (nSPS) is 16.5. The summed E-state index contributed by atoms with van der Waals surface area (Å²) in [6, 6.07) is 6.74. The number of rotatable bonds is 6. The zero-order valence-electron chi connectivity index (χ0n) is 12.2. The summed E-state index contributed by atoms with van der Waals surface area (Å²) in [5.74, 6) is 0. The third-order valence-electron chi connectivity index (χ3n) is 4.10. The molecule has 0 aromatic heterocycles. The van der Waals surface area contributed by atoms with E-state index >= 15 is 0 Å². The van der Waals surface area contributed by atoms with Gasteiger partial charge < -0.3 is 11.1 Å². The Kier molecular flexibility index (Phi) is 5.17. The maximum atomic E-state index is 5.96. The molecule has 0 saturated carbocycles. The minimum Gasteiger partial charge on any atom is -0.329 e. The molecule has 0 saturated heterocycles. The van der Waals surface area contributed by atoms with Crippen LogP contribution in [0.25, 0.3) is 0 Å². The molecule has 1 aliphatic carbocycles. The van der Waals surface area contributed by atoms with Crippen LogP contribution in [0.15, 0.2) is 29.8 Å². The van der Waals surface area contributed by atoms with Gasteiger partial charge in [0.05, 0.1) is 0 Å². The average molecular weight is 258 g/mol. The summed E-state index contributed by atoms with van der Waals surface area (Å²) in [5, 5.41) is 3.63. The Morgan fingerprint density at radius 3 is 2.58 bits per heavy atom. The molecule has 0 aliphatic heterocycles. The van der Waals surface area contributed by atoms with Crippen molar-refractivity contribution < 1.29 is 0 Å². The van der Waals surface area contributed by atoms with Gasteiger partial charge in [-0.2, -0.15) is 0 Å². The summed E-state index contributed by atoms with van der Waals surface area (Å²) < 4.78 is 0. The fraction of sp³-hybridized carbons (Fsp3) is 0.529. The second-order valence-electron chi connectivity index (χ2n) is 5.55. The molecule has 1 aromatic rings. The Labute approximate surface area is 117 Å². The minimum absolute atomic E-state index is 0.281. The summed E-state index contributed by atoms with van der Waals surface area (Å²) in [5.41, 5.74) is 11.6. The van der Waals surface area contributed by atoms with Crippen molar-refractivity contribution in [1.29, 1.82) is 0 Å². The summed E-state index contributed by atoms with van der Waals surface area (Å²) >= 11 is 0. The number of nitrogens with two attached hydrogens (primary N) is 1. The lowest BCUT2D eigenvalue weighted by Gasteiger charge is -2.21. The molecule has 1 aromatic carbocycles. The first-order valence-electron chi connectivity index (χ1n) is 7.40. The van der Waals surface area contributed by atoms with Crippen molar-refractivity contribution in [1.82, 2.24) is 5.32 Å². The molecule has 0 fully saturated rings. The summed E-state index contributed by atoms with van der Waals surface area (Å²) in [4.78, 5) is 0. The van der Waals surface area contributed by atoms with E-state index in [2.05, 4.69) is 43.4 Å². The van der Waals surface area contributed by atoms with E-state index in [-0.39, 0.29) is 6.04 Å². The van der Waals surface area contributed by atoms with Crippen molar-refractivity contribution in [3.63, 3.8) is 0 Å². The first-order valence-corrected chi connectivity index (χ1v) is 7.40. The average Bonchev–Trinajstić information content (AvgIpc) is 2.89. The van der Waals surface area contributed by atoms with Crippen LogP contribution in [0.3, 0.4) is 0 Å². The second-order valence-corrected chi connectivity index (χ2v) is 5.55. The predicted octanol–water partition coefficient (Wildman–Crippen LogP) is 3.39. The van der Waals surface area contributed by atoms with E-state index in [4.69, 9.17) is 5.73 Å². The molecule has 0 amide bonds. The molecular weight excluding hydrogens is 232 g/mol. The van der Waals surface area contributed by atoms with Gasteiger partial charge in [-0.1, -0.05) is 29.8 Å². The van der Waals surface area contributed by atoms with E-state index in [1.807, 2.05) is 0 Å². The first kappa shape index (κ1) is 14.3. The standard InChI is InChI=1S/C17H26N2/c1-13-6-5-7-14(2)17(13)16(12-18)19-11-10-15-8-3-4-9-15/h5-8,16,19H,3-4,9-12,18H2,1-2H3. The molecule has 3 N–H and O–H groups in total. The molecular formula is C17H26N2. The number of aryl methyl sites for hydroxylation is 2. The number of allylic oxidation sites excluding steroid dienone is 1. The molecule has 19 heavy (non-hydrogen) atoms. The van der Waals surface area contributed by atoms with Gasteiger partial charge in [0, 0.05) is 12.6 Å². The van der Waals surface area contributed by atoms with Crippen molar-refractivity contribution in [2.75, 3.05) is 13.1 Å². The number of hydrogen-bond acceptors (Lipinski definition) is 2. The lowest BCUT2D eigenvalue weighted by atomic mass is 9.96. The lowest BCUT2D eigenvalue weighted by Crippen LogP contribution is -2.30. The highest BCUT2D eigenvalue weighted by atomic mass is 14.9. The van der Waals surface area contributed by atoms with E-state index in [1.165, 1.54) is 42.4 Å². The number of nitrogens with one attached hydrogen (secondary N) is 1. The quantitative estimate of drug-likeness (QED) is 0.768. The van der Waals surface area contributed by atoms with Gasteiger partial charge in [-0.15, -0.1) is 0 Å². The minimum atomic E-state index is 0.281.